The van der Waals surface area contributed by atoms with E-state index in [0.29, 0.717) is 11.3 Å². The minimum absolute atomic E-state index is 0.169. The van der Waals surface area contributed by atoms with Crippen LogP contribution in [0.15, 0.2) is 42.5 Å². The van der Waals surface area contributed by atoms with Gasteiger partial charge >= 0.3 is 0 Å². The Morgan fingerprint density at radius 2 is 1.81 bits per heavy atom. The van der Waals surface area contributed by atoms with Crippen LogP contribution >= 0.6 is 0 Å². The van der Waals surface area contributed by atoms with E-state index in [1.165, 1.54) is 0 Å². The van der Waals surface area contributed by atoms with Crippen LogP contribution in [0.3, 0.4) is 0 Å². The predicted molar refractivity (Wildman–Crippen MR) is 83.2 cm³/mol. The highest BCUT2D eigenvalue weighted by atomic mass is 16.2. The summed E-state index contributed by atoms with van der Waals surface area (Å²) < 4.78 is 0. The van der Waals surface area contributed by atoms with E-state index in [9.17, 15) is 9.59 Å². The highest BCUT2D eigenvalue weighted by Crippen LogP contribution is 2.16. The molecular formula is C17H18N2O2. The van der Waals surface area contributed by atoms with Gasteiger partial charge in [-0.1, -0.05) is 35.9 Å². The summed E-state index contributed by atoms with van der Waals surface area (Å²) in [6.07, 6.45) is 0.264. The molecule has 0 atom stereocenters. The number of anilines is 1. The third-order valence-corrected chi connectivity index (χ3v) is 3.32. The van der Waals surface area contributed by atoms with Crippen molar-refractivity contribution in [2.24, 2.45) is 5.73 Å². The number of benzene rings is 2. The lowest BCUT2D eigenvalue weighted by molar-refractivity contribution is -0.115. The summed E-state index contributed by atoms with van der Waals surface area (Å²) in [5.74, 6) is -0.727. The molecule has 0 aliphatic rings. The average Bonchev–Trinajstić information content (AvgIpc) is 2.43. The number of carbonyl (C=O) groups is 2. The fourth-order valence-electron chi connectivity index (χ4n) is 2.17. The maximum Gasteiger partial charge on any atom is 0.250 e. The predicted octanol–water partition coefficient (Wildman–Crippen LogP) is 2.58. The van der Waals surface area contributed by atoms with Crippen molar-refractivity contribution < 1.29 is 9.59 Å². The summed E-state index contributed by atoms with van der Waals surface area (Å²) in [7, 11) is 0. The van der Waals surface area contributed by atoms with Crippen LogP contribution in [-0.4, -0.2) is 11.8 Å². The molecule has 0 heterocycles. The van der Waals surface area contributed by atoms with Crippen LogP contribution in [0.1, 0.15) is 27.0 Å². The zero-order chi connectivity index (χ0) is 15.4. The van der Waals surface area contributed by atoms with Gasteiger partial charge in [-0.25, -0.2) is 0 Å². The number of hydrogen-bond donors (Lipinski definition) is 2. The Hall–Kier alpha value is -2.62. The van der Waals surface area contributed by atoms with E-state index < -0.39 is 5.91 Å². The molecule has 21 heavy (non-hydrogen) atoms. The number of rotatable bonds is 4. The number of aryl methyl sites for hydroxylation is 2. The largest absolute Gasteiger partial charge is 0.366 e. The molecule has 0 aliphatic heterocycles. The summed E-state index contributed by atoms with van der Waals surface area (Å²) in [6.45, 7) is 3.96. The molecule has 0 aromatic heterocycles. The molecule has 2 aromatic rings. The van der Waals surface area contributed by atoms with Crippen LogP contribution < -0.4 is 11.1 Å². The van der Waals surface area contributed by atoms with Gasteiger partial charge in [-0.15, -0.1) is 0 Å². The number of primary amides is 1. The molecule has 0 aliphatic carbocycles. The monoisotopic (exact) mass is 282 g/mol. The third-order valence-electron chi connectivity index (χ3n) is 3.32. The molecule has 0 fully saturated rings. The van der Waals surface area contributed by atoms with Crippen LogP contribution in [0.4, 0.5) is 5.69 Å². The van der Waals surface area contributed by atoms with Crippen molar-refractivity contribution in [3.63, 3.8) is 0 Å². The Balaban J connectivity index is 2.16. The number of carbonyl (C=O) groups excluding carboxylic acids is 2. The lowest BCUT2D eigenvalue weighted by Gasteiger charge is -2.10. The zero-order valence-corrected chi connectivity index (χ0v) is 12.1. The molecular weight excluding hydrogens is 264 g/mol. The van der Waals surface area contributed by atoms with Crippen LogP contribution in [0.5, 0.6) is 0 Å². The van der Waals surface area contributed by atoms with Crippen molar-refractivity contribution in [2.75, 3.05) is 5.32 Å². The molecule has 0 spiro atoms. The molecule has 0 saturated carbocycles. The van der Waals surface area contributed by atoms with Crippen molar-refractivity contribution in [1.29, 1.82) is 0 Å². The molecule has 0 bridgehead atoms. The Labute approximate surface area is 124 Å². The summed E-state index contributed by atoms with van der Waals surface area (Å²) in [5.41, 5.74) is 9.21. The van der Waals surface area contributed by atoms with Gasteiger partial charge in [0.15, 0.2) is 0 Å². The van der Waals surface area contributed by atoms with Gasteiger partial charge in [0.1, 0.15) is 0 Å². The minimum Gasteiger partial charge on any atom is -0.366 e. The molecule has 0 unspecified atom stereocenters. The first-order valence-corrected chi connectivity index (χ1v) is 6.72. The Morgan fingerprint density at radius 1 is 1.10 bits per heavy atom. The van der Waals surface area contributed by atoms with Crippen LogP contribution in [0.2, 0.25) is 0 Å². The van der Waals surface area contributed by atoms with Crippen molar-refractivity contribution in [1.82, 2.24) is 0 Å². The number of nitrogens with one attached hydrogen (secondary N) is 1. The van der Waals surface area contributed by atoms with Gasteiger partial charge in [0.25, 0.3) is 5.91 Å². The van der Waals surface area contributed by atoms with Crippen molar-refractivity contribution >= 4 is 17.5 Å². The Bertz CT molecular complexity index is 693. The molecule has 4 nitrogen and oxygen atoms in total. The fraction of sp³-hybridized carbons (Fsp3) is 0.176. The first kappa shape index (κ1) is 14.8. The van der Waals surface area contributed by atoms with E-state index in [0.717, 1.165) is 16.7 Å². The molecule has 2 amide bonds. The quantitative estimate of drug-likeness (QED) is 0.904. The second-order valence-corrected chi connectivity index (χ2v) is 5.06. The average molecular weight is 282 g/mol. The maximum atomic E-state index is 12.2. The standard InChI is InChI=1S/C17H18N2O2/c1-11-7-8-12(2)13(9-11)10-16(20)19-15-6-4-3-5-14(15)17(18)21/h3-9H,10H2,1-2H3,(H2,18,21)(H,19,20). The SMILES string of the molecule is Cc1ccc(C)c(CC(=O)Nc2ccccc2C(N)=O)c1. The Kier molecular flexibility index (Phi) is 4.38. The van der Waals surface area contributed by atoms with E-state index in [1.54, 1.807) is 24.3 Å². The molecule has 0 radical (unpaired) electrons. The zero-order valence-electron chi connectivity index (χ0n) is 12.1. The normalized spacial score (nSPS) is 10.2. The lowest BCUT2D eigenvalue weighted by atomic mass is 10.0. The van der Waals surface area contributed by atoms with E-state index >= 15 is 0 Å². The summed E-state index contributed by atoms with van der Waals surface area (Å²) >= 11 is 0. The fourth-order valence-corrected chi connectivity index (χ4v) is 2.17. The second kappa shape index (κ2) is 6.22. The van der Waals surface area contributed by atoms with Gasteiger partial charge in [0.05, 0.1) is 17.7 Å². The molecule has 3 N–H and O–H groups in total. The highest BCUT2D eigenvalue weighted by Gasteiger charge is 2.11. The molecule has 0 saturated heterocycles. The van der Waals surface area contributed by atoms with Crippen LogP contribution in [-0.2, 0) is 11.2 Å². The van der Waals surface area contributed by atoms with E-state index in [2.05, 4.69) is 5.32 Å². The topological polar surface area (TPSA) is 72.2 Å². The van der Waals surface area contributed by atoms with Gasteiger partial charge < -0.3 is 11.1 Å². The van der Waals surface area contributed by atoms with Gasteiger partial charge in [0, 0.05) is 0 Å². The van der Waals surface area contributed by atoms with Crippen molar-refractivity contribution in [3.05, 3.63) is 64.7 Å². The summed E-state index contributed by atoms with van der Waals surface area (Å²) in [4.78, 5) is 23.5. The van der Waals surface area contributed by atoms with Crippen molar-refractivity contribution in [2.45, 2.75) is 20.3 Å². The first-order chi connectivity index (χ1) is 9.97. The second-order valence-electron chi connectivity index (χ2n) is 5.06. The molecule has 108 valence electrons. The van der Waals surface area contributed by atoms with E-state index in [4.69, 9.17) is 5.73 Å². The van der Waals surface area contributed by atoms with E-state index in [1.807, 2.05) is 32.0 Å². The molecule has 2 aromatic carbocycles. The number of amides is 2. The van der Waals surface area contributed by atoms with Crippen LogP contribution in [0, 0.1) is 13.8 Å². The summed E-state index contributed by atoms with van der Waals surface area (Å²) in [5, 5.41) is 2.75. The maximum absolute atomic E-state index is 12.2. The minimum atomic E-state index is -0.558. The van der Waals surface area contributed by atoms with Gasteiger partial charge in [-0.3, -0.25) is 9.59 Å². The van der Waals surface area contributed by atoms with Gasteiger partial charge in [-0.2, -0.15) is 0 Å². The molecule has 2 rings (SSSR count). The van der Waals surface area contributed by atoms with Crippen LogP contribution in [0.25, 0.3) is 0 Å². The summed E-state index contributed by atoms with van der Waals surface area (Å²) in [6, 6.07) is 12.7. The lowest BCUT2D eigenvalue weighted by Crippen LogP contribution is -2.19. The number of nitrogens with two attached hydrogens (primary N) is 1. The Morgan fingerprint density at radius 3 is 2.52 bits per heavy atom. The molecule has 4 heteroatoms. The van der Waals surface area contributed by atoms with Gasteiger partial charge in [-0.05, 0) is 37.1 Å². The third kappa shape index (κ3) is 3.69. The van der Waals surface area contributed by atoms with E-state index in [-0.39, 0.29) is 12.3 Å². The first-order valence-electron chi connectivity index (χ1n) is 6.72. The van der Waals surface area contributed by atoms with Gasteiger partial charge in [0.2, 0.25) is 5.91 Å². The number of para-hydroxylation sites is 1. The van der Waals surface area contributed by atoms with Crippen molar-refractivity contribution in [3.8, 4) is 0 Å². The highest BCUT2D eigenvalue weighted by molar-refractivity contribution is 6.03. The number of hydrogen-bond acceptors (Lipinski definition) is 2. The smallest absolute Gasteiger partial charge is 0.250 e.